The van der Waals surface area contributed by atoms with Gasteiger partial charge in [0.05, 0.1) is 18.2 Å². The van der Waals surface area contributed by atoms with Crippen LogP contribution < -0.4 is 5.32 Å². The summed E-state index contributed by atoms with van der Waals surface area (Å²) >= 11 is 0. The molecule has 0 atom stereocenters. The van der Waals surface area contributed by atoms with Gasteiger partial charge < -0.3 is 15.2 Å². The number of nitriles is 1. The predicted octanol–water partition coefficient (Wildman–Crippen LogP) is 4.35. The van der Waals surface area contributed by atoms with Crippen LogP contribution in [-0.4, -0.2) is 49.0 Å². The van der Waals surface area contributed by atoms with Gasteiger partial charge in [0.15, 0.2) is 5.82 Å². The van der Waals surface area contributed by atoms with Crippen LogP contribution in [0.15, 0.2) is 73.2 Å². The lowest BCUT2D eigenvalue weighted by atomic mass is 10.0. The van der Waals surface area contributed by atoms with Crippen molar-refractivity contribution in [3.63, 3.8) is 0 Å². The number of likely N-dealkylation sites (tertiary alicyclic amines) is 1. The van der Waals surface area contributed by atoms with Gasteiger partial charge in [0.2, 0.25) is 0 Å². The summed E-state index contributed by atoms with van der Waals surface area (Å²) in [5, 5.41) is 20.0. The Morgan fingerprint density at radius 2 is 1.89 bits per heavy atom. The Hall–Kier alpha value is -4.97. The van der Waals surface area contributed by atoms with Crippen LogP contribution in [0.5, 0.6) is 0 Å². The average molecular weight is 461 g/mol. The topological polar surface area (TPSA) is 126 Å². The number of hydrogen-bond acceptors (Lipinski definition) is 6. The summed E-state index contributed by atoms with van der Waals surface area (Å²) in [4.78, 5) is 26.7. The zero-order chi connectivity index (χ0) is 23.8. The first-order valence-electron chi connectivity index (χ1n) is 11.2. The molecule has 9 heteroatoms. The van der Waals surface area contributed by atoms with Crippen LogP contribution in [-0.2, 0) is 0 Å². The lowest BCUT2D eigenvalue weighted by molar-refractivity contribution is 0.0572. The van der Waals surface area contributed by atoms with Gasteiger partial charge in [-0.3, -0.25) is 9.89 Å². The highest BCUT2D eigenvalue weighted by molar-refractivity contribution is 5.99. The highest BCUT2D eigenvalue weighted by atomic mass is 16.2. The fourth-order valence-electron chi connectivity index (χ4n) is 4.15. The second kappa shape index (κ2) is 8.43. The minimum atomic E-state index is -0.0875. The third kappa shape index (κ3) is 3.98. The molecule has 2 aromatic carbocycles. The van der Waals surface area contributed by atoms with E-state index in [1.54, 1.807) is 17.3 Å². The Labute approximate surface area is 200 Å². The number of carbonyl (C=O) groups is 1. The maximum atomic E-state index is 12.7. The number of amides is 1. The second-order valence-corrected chi connectivity index (χ2v) is 8.48. The minimum absolute atomic E-state index is 0.0673. The molecule has 1 aliphatic rings. The van der Waals surface area contributed by atoms with Crippen molar-refractivity contribution in [2.45, 2.75) is 0 Å². The number of nitrogens with one attached hydrogen (secondary N) is 3. The van der Waals surface area contributed by atoms with Gasteiger partial charge in [-0.05, 0) is 35.9 Å². The molecule has 0 spiro atoms. The number of anilines is 2. The number of aromatic amines is 2. The number of carbonyl (C=O) groups excluding carboxylic acids is 1. The summed E-state index contributed by atoms with van der Waals surface area (Å²) in [5.74, 6) is 1.10. The first-order chi connectivity index (χ1) is 17.2. The molecule has 170 valence electrons. The number of rotatable bonds is 5. The zero-order valence-corrected chi connectivity index (χ0v) is 18.6. The van der Waals surface area contributed by atoms with E-state index in [2.05, 4.69) is 36.5 Å². The lowest BCUT2D eigenvalue weighted by Gasteiger charge is -2.34. The molecule has 1 amide bonds. The van der Waals surface area contributed by atoms with Gasteiger partial charge in [-0.15, -0.1) is 0 Å². The molecular weight excluding hydrogens is 440 g/mol. The summed E-state index contributed by atoms with van der Waals surface area (Å²) in [6.45, 7) is 0.964. The molecule has 0 unspecified atom stereocenters. The Morgan fingerprint density at radius 3 is 2.66 bits per heavy atom. The van der Waals surface area contributed by atoms with Crippen LogP contribution in [0.3, 0.4) is 0 Å². The predicted molar refractivity (Wildman–Crippen MR) is 132 cm³/mol. The fraction of sp³-hybridized carbons (Fsp3) is 0.115. The van der Waals surface area contributed by atoms with Crippen molar-refractivity contribution in [2.75, 3.05) is 18.4 Å². The summed E-state index contributed by atoms with van der Waals surface area (Å²) in [7, 11) is 0. The molecular formula is C26H20N8O. The highest BCUT2D eigenvalue weighted by Gasteiger charge is 2.31. The van der Waals surface area contributed by atoms with E-state index in [1.165, 1.54) is 0 Å². The average Bonchev–Trinajstić information content (AvgIpc) is 3.54. The number of H-pyrrole nitrogens is 2. The maximum Gasteiger partial charge on any atom is 0.270 e. The van der Waals surface area contributed by atoms with Crippen LogP contribution in [0.4, 0.5) is 11.5 Å². The molecule has 5 aromatic rings. The minimum Gasteiger partial charge on any atom is -0.351 e. The van der Waals surface area contributed by atoms with Crippen molar-refractivity contribution < 1.29 is 4.79 Å². The van der Waals surface area contributed by atoms with E-state index in [9.17, 15) is 4.79 Å². The summed E-state index contributed by atoms with van der Waals surface area (Å²) in [5.41, 5.74) is 5.20. The number of benzene rings is 2. The molecule has 0 bridgehead atoms. The van der Waals surface area contributed by atoms with Crippen molar-refractivity contribution in [1.82, 2.24) is 30.0 Å². The van der Waals surface area contributed by atoms with Gasteiger partial charge in [0, 0.05) is 53.2 Å². The molecule has 4 heterocycles. The van der Waals surface area contributed by atoms with Crippen LogP contribution in [0.2, 0.25) is 0 Å². The van der Waals surface area contributed by atoms with Crippen LogP contribution in [0.25, 0.3) is 33.4 Å². The van der Waals surface area contributed by atoms with Gasteiger partial charge >= 0.3 is 0 Å². The highest BCUT2D eigenvalue weighted by Crippen LogP contribution is 2.26. The maximum absolute atomic E-state index is 12.7. The molecule has 35 heavy (non-hydrogen) atoms. The van der Waals surface area contributed by atoms with Crippen molar-refractivity contribution in [3.8, 4) is 28.6 Å². The van der Waals surface area contributed by atoms with Crippen molar-refractivity contribution in [2.24, 2.45) is 5.92 Å². The van der Waals surface area contributed by atoms with E-state index in [1.807, 2.05) is 60.8 Å². The summed E-state index contributed by atoms with van der Waals surface area (Å²) in [6.07, 6.45) is 5.36. The Balaban J connectivity index is 1.21. The van der Waals surface area contributed by atoms with E-state index < -0.39 is 0 Å². The van der Waals surface area contributed by atoms with E-state index in [0.29, 0.717) is 30.4 Å². The quantitative estimate of drug-likeness (QED) is 0.358. The van der Waals surface area contributed by atoms with E-state index >= 15 is 0 Å². The number of fused-ring (bicyclic) bond motifs is 1. The first-order valence-corrected chi connectivity index (χ1v) is 11.2. The zero-order valence-electron chi connectivity index (χ0n) is 18.6. The Kier molecular flexibility index (Phi) is 4.96. The molecule has 3 aromatic heterocycles. The van der Waals surface area contributed by atoms with E-state index in [-0.39, 0.29) is 11.8 Å². The summed E-state index contributed by atoms with van der Waals surface area (Å²) in [6, 6.07) is 19.7. The Morgan fingerprint density at radius 1 is 1.06 bits per heavy atom. The third-order valence-electron chi connectivity index (χ3n) is 6.11. The molecule has 0 saturated carbocycles. The second-order valence-electron chi connectivity index (χ2n) is 8.48. The van der Waals surface area contributed by atoms with Gasteiger partial charge in [-0.25, -0.2) is 9.97 Å². The SMILES string of the molecule is N#CC1CN(C(=O)c2cc3ccc(-c4nccc(Nc5ccc(-c6cn[nH]c6)cc5)n4)cc3[nH]2)C1. The first kappa shape index (κ1) is 20.6. The molecule has 1 aliphatic heterocycles. The van der Waals surface area contributed by atoms with Crippen LogP contribution in [0.1, 0.15) is 10.5 Å². The number of hydrogen-bond donors (Lipinski definition) is 3. The molecule has 9 nitrogen and oxygen atoms in total. The van der Waals surface area contributed by atoms with Crippen molar-refractivity contribution in [3.05, 3.63) is 78.9 Å². The van der Waals surface area contributed by atoms with Gasteiger partial charge in [-0.1, -0.05) is 24.3 Å². The smallest absolute Gasteiger partial charge is 0.270 e. The third-order valence-corrected chi connectivity index (χ3v) is 6.11. The molecule has 6 rings (SSSR count). The largest absolute Gasteiger partial charge is 0.351 e. The fourth-order valence-corrected chi connectivity index (χ4v) is 4.15. The standard InChI is InChI=1S/C26H20N8O/c27-11-16-14-34(15-16)26(35)23-9-18-1-2-19(10-22(18)32-23)25-28-8-7-24(33-25)31-21-5-3-17(4-6-21)20-12-29-30-13-20/h1-10,12-13,16,32H,14-15H2,(H,29,30)(H,28,31,33). The number of nitrogens with zero attached hydrogens (tertiary/aromatic N) is 5. The van der Waals surface area contributed by atoms with Crippen molar-refractivity contribution in [1.29, 1.82) is 5.26 Å². The lowest BCUT2D eigenvalue weighted by Crippen LogP contribution is -2.49. The van der Waals surface area contributed by atoms with Gasteiger partial charge in [0.25, 0.3) is 5.91 Å². The van der Waals surface area contributed by atoms with Gasteiger partial charge in [0.1, 0.15) is 11.5 Å². The van der Waals surface area contributed by atoms with E-state index in [4.69, 9.17) is 5.26 Å². The molecule has 0 radical (unpaired) electrons. The molecule has 0 aliphatic carbocycles. The normalized spacial score (nSPS) is 13.4. The monoisotopic (exact) mass is 460 g/mol. The number of aromatic nitrogens is 5. The molecule has 1 saturated heterocycles. The summed E-state index contributed by atoms with van der Waals surface area (Å²) < 4.78 is 0. The van der Waals surface area contributed by atoms with Crippen LogP contribution in [0, 0.1) is 17.2 Å². The Bertz CT molecular complexity index is 1560. The molecule has 1 fully saturated rings. The van der Waals surface area contributed by atoms with Crippen LogP contribution >= 0.6 is 0 Å². The van der Waals surface area contributed by atoms with Gasteiger partial charge in [-0.2, -0.15) is 10.4 Å². The van der Waals surface area contributed by atoms with Crippen molar-refractivity contribution >= 4 is 28.3 Å². The molecule has 3 N–H and O–H groups in total. The van der Waals surface area contributed by atoms with E-state index in [0.717, 1.165) is 33.3 Å².